The SMILES string of the molecule is CCn1ncc2c(C(=O)Nc3cccc(C(=O)OC)c3)cc(-c3cccs3)nc21. The zero-order valence-electron chi connectivity index (χ0n) is 15.9. The summed E-state index contributed by atoms with van der Waals surface area (Å²) < 4.78 is 6.51. The standard InChI is InChI=1S/C21H18N4O3S/c1-3-25-19-16(12-22-25)15(11-17(24-19)18-8-5-9-29-18)20(26)23-14-7-4-6-13(10-14)21(27)28-2/h4-12H,3H2,1-2H3,(H,23,26). The monoisotopic (exact) mass is 406 g/mol. The van der Waals surface area contributed by atoms with Gasteiger partial charge in [-0.1, -0.05) is 12.1 Å². The number of methoxy groups -OCH3 is 1. The number of thiophene rings is 1. The predicted molar refractivity (Wildman–Crippen MR) is 112 cm³/mol. The van der Waals surface area contributed by atoms with E-state index in [0.717, 1.165) is 10.6 Å². The van der Waals surface area contributed by atoms with E-state index in [1.165, 1.54) is 7.11 Å². The lowest BCUT2D eigenvalue weighted by molar-refractivity contribution is 0.0600. The van der Waals surface area contributed by atoms with Crippen molar-refractivity contribution in [2.75, 3.05) is 12.4 Å². The van der Waals surface area contributed by atoms with Crippen LogP contribution in [0.25, 0.3) is 21.6 Å². The minimum atomic E-state index is -0.461. The van der Waals surface area contributed by atoms with Crippen LogP contribution in [0.5, 0.6) is 0 Å². The van der Waals surface area contributed by atoms with Crippen molar-refractivity contribution in [3.8, 4) is 10.6 Å². The summed E-state index contributed by atoms with van der Waals surface area (Å²) in [5.74, 6) is -0.760. The first kappa shape index (κ1) is 18.8. The van der Waals surface area contributed by atoms with Gasteiger partial charge in [-0.25, -0.2) is 14.5 Å². The summed E-state index contributed by atoms with van der Waals surface area (Å²) in [6.07, 6.45) is 1.66. The Labute approximate surface area is 171 Å². The Morgan fingerprint density at radius 2 is 2.07 bits per heavy atom. The number of ether oxygens (including phenoxy) is 1. The molecule has 3 heterocycles. The number of nitrogens with one attached hydrogen (secondary N) is 1. The largest absolute Gasteiger partial charge is 0.465 e. The van der Waals surface area contributed by atoms with E-state index in [2.05, 4.69) is 10.4 Å². The molecule has 0 unspecified atom stereocenters. The minimum Gasteiger partial charge on any atom is -0.465 e. The third-order valence-corrected chi connectivity index (χ3v) is 5.36. The number of benzene rings is 1. The fraction of sp³-hybridized carbons (Fsp3) is 0.143. The molecule has 7 nitrogen and oxygen atoms in total. The van der Waals surface area contributed by atoms with E-state index >= 15 is 0 Å². The zero-order chi connectivity index (χ0) is 20.4. The molecule has 4 rings (SSSR count). The highest BCUT2D eigenvalue weighted by molar-refractivity contribution is 7.13. The van der Waals surface area contributed by atoms with Gasteiger partial charge < -0.3 is 10.1 Å². The highest BCUT2D eigenvalue weighted by Gasteiger charge is 2.18. The maximum atomic E-state index is 13.1. The number of aromatic nitrogens is 3. The van der Waals surface area contributed by atoms with E-state index in [4.69, 9.17) is 9.72 Å². The second-order valence-corrected chi connectivity index (χ2v) is 7.20. The van der Waals surface area contributed by atoms with Gasteiger partial charge in [0.2, 0.25) is 0 Å². The van der Waals surface area contributed by atoms with Crippen molar-refractivity contribution in [3.63, 3.8) is 0 Å². The third-order valence-electron chi connectivity index (χ3n) is 4.47. The molecule has 3 aromatic heterocycles. The zero-order valence-corrected chi connectivity index (χ0v) is 16.7. The Morgan fingerprint density at radius 1 is 1.21 bits per heavy atom. The maximum Gasteiger partial charge on any atom is 0.337 e. The molecule has 1 aromatic carbocycles. The van der Waals surface area contributed by atoms with Gasteiger partial charge in [0, 0.05) is 12.2 Å². The molecule has 0 bridgehead atoms. The third kappa shape index (κ3) is 3.62. The number of fused-ring (bicyclic) bond motifs is 1. The summed E-state index contributed by atoms with van der Waals surface area (Å²) in [6.45, 7) is 2.62. The van der Waals surface area contributed by atoms with E-state index in [9.17, 15) is 9.59 Å². The molecule has 146 valence electrons. The molecule has 0 aliphatic rings. The molecule has 0 fully saturated rings. The van der Waals surface area contributed by atoms with Crippen molar-refractivity contribution in [1.82, 2.24) is 14.8 Å². The van der Waals surface area contributed by atoms with Gasteiger partial charge in [-0.15, -0.1) is 11.3 Å². The number of nitrogens with zero attached hydrogens (tertiary/aromatic N) is 3. The highest BCUT2D eigenvalue weighted by Crippen LogP contribution is 2.28. The van der Waals surface area contributed by atoms with Crippen molar-refractivity contribution < 1.29 is 14.3 Å². The van der Waals surface area contributed by atoms with Crippen molar-refractivity contribution in [2.45, 2.75) is 13.5 Å². The van der Waals surface area contributed by atoms with Crippen LogP contribution in [0.15, 0.2) is 54.0 Å². The number of anilines is 1. The lowest BCUT2D eigenvalue weighted by Gasteiger charge is -2.09. The summed E-state index contributed by atoms with van der Waals surface area (Å²) in [4.78, 5) is 30.6. The first-order chi connectivity index (χ1) is 14.1. The number of hydrogen-bond acceptors (Lipinski definition) is 6. The van der Waals surface area contributed by atoms with Gasteiger partial charge in [0.1, 0.15) is 0 Å². The topological polar surface area (TPSA) is 86.1 Å². The summed E-state index contributed by atoms with van der Waals surface area (Å²) in [5.41, 5.74) is 2.72. The summed E-state index contributed by atoms with van der Waals surface area (Å²) in [5, 5.41) is 9.86. The van der Waals surface area contributed by atoms with Gasteiger partial charge in [0.25, 0.3) is 5.91 Å². The van der Waals surface area contributed by atoms with Gasteiger partial charge in [-0.3, -0.25) is 4.79 Å². The Hall–Kier alpha value is -3.52. The van der Waals surface area contributed by atoms with Crippen LogP contribution >= 0.6 is 11.3 Å². The Balaban J connectivity index is 1.76. The molecule has 0 atom stereocenters. The number of carbonyl (C=O) groups excluding carboxylic acids is 2. The van der Waals surface area contributed by atoms with Gasteiger partial charge in [-0.05, 0) is 42.6 Å². The second-order valence-electron chi connectivity index (χ2n) is 6.26. The van der Waals surface area contributed by atoms with E-state index in [1.807, 2.05) is 24.4 Å². The summed E-state index contributed by atoms with van der Waals surface area (Å²) in [7, 11) is 1.32. The Morgan fingerprint density at radius 3 is 2.79 bits per heavy atom. The van der Waals surface area contributed by atoms with Crippen LogP contribution in [-0.4, -0.2) is 33.8 Å². The molecule has 29 heavy (non-hydrogen) atoms. The van der Waals surface area contributed by atoms with Gasteiger partial charge in [-0.2, -0.15) is 5.10 Å². The van der Waals surface area contributed by atoms with Crippen LogP contribution in [0, 0.1) is 0 Å². The van der Waals surface area contributed by atoms with E-state index in [0.29, 0.717) is 34.4 Å². The summed E-state index contributed by atoms with van der Waals surface area (Å²) in [6, 6.07) is 12.3. The average molecular weight is 406 g/mol. The predicted octanol–water partition coefficient (Wildman–Crippen LogP) is 4.22. The lowest BCUT2D eigenvalue weighted by Crippen LogP contribution is -2.14. The van der Waals surface area contributed by atoms with Crippen molar-refractivity contribution >= 4 is 39.9 Å². The van der Waals surface area contributed by atoms with Gasteiger partial charge in [0.05, 0.1) is 40.4 Å². The molecule has 1 amide bonds. The summed E-state index contributed by atoms with van der Waals surface area (Å²) >= 11 is 1.56. The first-order valence-corrected chi connectivity index (χ1v) is 9.89. The molecule has 0 saturated carbocycles. The highest BCUT2D eigenvalue weighted by atomic mass is 32.1. The Bertz CT molecular complexity index is 1200. The van der Waals surface area contributed by atoms with Crippen molar-refractivity contribution in [2.24, 2.45) is 0 Å². The minimum absolute atomic E-state index is 0.298. The number of hydrogen-bond donors (Lipinski definition) is 1. The molecular formula is C21H18N4O3S. The number of amides is 1. The fourth-order valence-corrected chi connectivity index (χ4v) is 3.74. The number of esters is 1. The molecule has 0 radical (unpaired) electrons. The van der Waals surface area contributed by atoms with E-state index in [-0.39, 0.29) is 5.91 Å². The van der Waals surface area contributed by atoms with Crippen LogP contribution < -0.4 is 5.32 Å². The van der Waals surface area contributed by atoms with Crippen LogP contribution in [0.3, 0.4) is 0 Å². The van der Waals surface area contributed by atoms with Crippen LogP contribution in [0.4, 0.5) is 5.69 Å². The number of rotatable bonds is 5. The average Bonchev–Trinajstić information content (AvgIpc) is 3.42. The molecule has 4 aromatic rings. The fourth-order valence-electron chi connectivity index (χ4n) is 3.06. The maximum absolute atomic E-state index is 13.1. The van der Waals surface area contributed by atoms with Crippen molar-refractivity contribution in [3.05, 3.63) is 65.2 Å². The number of aryl methyl sites for hydroxylation is 1. The quantitative estimate of drug-likeness (QED) is 0.502. The van der Waals surface area contributed by atoms with Crippen molar-refractivity contribution in [1.29, 1.82) is 0 Å². The molecule has 0 aliphatic carbocycles. The molecule has 8 heteroatoms. The van der Waals surface area contributed by atoms with Crippen LogP contribution in [0.1, 0.15) is 27.6 Å². The second kappa shape index (κ2) is 7.84. The van der Waals surface area contributed by atoms with Gasteiger partial charge >= 0.3 is 5.97 Å². The number of pyridine rings is 1. The molecule has 1 N–H and O–H groups in total. The normalized spacial score (nSPS) is 10.8. The molecule has 0 aliphatic heterocycles. The smallest absolute Gasteiger partial charge is 0.337 e. The molecule has 0 saturated heterocycles. The van der Waals surface area contributed by atoms with Gasteiger partial charge in [0.15, 0.2) is 5.65 Å². The van der Waals surface area contributed by atoms with Crippen LogP contribution in [-0.2, 0) is 11.3 Å². The number of carbonyl (C=O) groups is 2. The molecule has 0 spiro atoms. The lowest BCUT2D eigenvalue weighted by atomic mass is 10.1. The Kier molecular flexibility index (Phi) is 5.09. The molecular weight excluding hydrogens is 388 g/mol. The van der Waals surface area contributed by atoms with E-state index < -0.39 is 5.97 Å². The first-order valence-electron chi connectivity index (χ1n) is 9.01. The van der Waals surface area contributed by atoms with E-state index in [1.54, 1.807) is 52.5 Å². The van der Waals surface area contributed by atoms with Crippen LogP contribution in [0.2, 0.25) is 0 Å².